The highest BCUT2D eigenvalue weighted by atomic mass is 127. The summed E-state index contributed by atoms with van der Waals surface area (Å²) in [6.07, 6.45) is 1.83. The maximum atomic E-state index is 6.22. The lowest BCUT2D eigenvalue weighted by Gasteiger charge is -2.19. The molecule has 0 bridgehead atoms. The Hall–Kier alpha value is -0.110. The largest absolute Gasteiger partial charge is 0.308 e. The van der Waals surface area contributed by atoms with Crippen molar-refractivity contribution in [3.05, 3.63) is 48.7 Å². The van der Waals surface area contributed by atoms with Gasteiger partial charge in [0.25, 0.3) is 0 Å². The third-order valence-electron chi connectivity index (χ3n) is 2.97. The Kier molecular flexibility index (Phi) is 5.28. The van der Waals surface area contributed by atoms with E-state index in [1.54, 1.807) is 0 Å². The third-order valence-corrected chi connectivity index (χ3v) is 5.16. The topological polar surface area (TPSA) is 29.9 Å². The molecule has 0 saturated heterocycles. The van der Waals surface area contributed by atoms with E-state index >= 15 is 0 Å². The van der Waals surface area contributed by atoms with Crippen molar-refractivity contribution in [2.24, 2.45) is 0 Å². The van der Waals surface area contributed by atoms with Crippen LogP contribution in [-0.4, -0.2) is 16.8 Å². The molecule has 1 atom stereocenters. The first-order chi connectivity index (χ1) is 9.08. The lowest BCUT2D eigenvalue weighted by atomic mass is 10.0. The van der Waals surface area contributed by atoms with Crippen LogP contribution in [0.3, 0.4) is 0 Å². The standard InChI is InChI=1S/C13H14BrClIN3/c1-3-19-13(9(14)7-18-19)12(17-2)8-4-5-11(16)10(15)6-8/h4-7,12,17H,3H2,1-2H3. The number of nitrogens with one attached hydrogen (secondary N) is 1. The van der Waals surface area contributed by atoms with Crippen molar-refractivity contribution in [1.29, 1.82) is 0 Å². The summed E-state index contributed by atoms with van der Waals surface area (Å²) in [7, 11) is 1.94. The molecule has 19 heavy (non-hydrogen) atoms. The Labute approximate surface area is 140 Å². The van der Waals surface area contributed by atoms with E-state index < -0.39 is 0 Å². The van der Waals surface area contributed by atoms with Gasteiger partial charge in [0, 0.05) is 10.1 Å². The number of hydrogen-bond donors (Lipinski definition) is 1. The summed E-state index contributed by atoms with van der Waals surface area (Å²) >= 11 is 12.0. The smallest absolute Gasteiger partial charge is 0.0757 e. The van der Waals surface area contributed by atoms with Crippen molar-refractivity contribution >= 4 is 50.1 Å². The minimum Gasteiger partial charge on any atom is -0.308 e. The van der Waals surface area contributed by atoms with Gasteiger partial charge in [-0.2, -0.15) is 5.10 Å². The fraction of sp³-hybridized carbons (Fsp3) is 0.308. The molecule has 6 heteroatoms. The fourth-order valence-corrected chi connectivity index (χ4v) is 3.11. The molecule has 1 heterocycles. The summed E-state index contributed by atoms with van der Waals surface area (Å²) in [5.41, 5.74) is 2.24. The van der Waals surface area contributed by atoms with E-state index in [0.29, 0.717) is 0 Å². The minimum absolute atomic E-state index is 0.0614. The molecule has 2 rings (SSSR count). The first kappa shape index (κ1) is 15.3. The highest BCUT2D eigenvalue weighted by molar-refractivity contribution is 14.1. The van der Waals surface area contributed by atoms with Gasteiger partial charge in [-0.25, -0.2) is 0 Å². The Balaban J connectivity index is 2.49. The predicted molar refractivity (Wildman–Crippen MR) is 90.7 cm³/mol. The summed E-state index contributed by atoms with van der Waals surface area (Å²) in [6.45, 7) is 2.91. The molecular weight excluding hydrogens is 440 g/mol. The zero-order valence-corrected chi connectivity index (χ0v) is 15.1. The van der Waals surface area contributed by atoms with E-state index in [-0.39, 0.29) is 6.04 Å². The van der Waals surface area contributed by atoms with Crippen LogP contribution in [0.4, 0.5) is 0 Å². The highest BCUT2D eigenvalue weighted by Gasteiger charge is 2.20. The number of rotatable bonds is 4. The number of hydrogen-bond acceptors (Lipinski definition) is 2. The molecule has 0 aliphatic carbocycles. The second-order valence-electron chi connectivity index (χ2n) is 4.09. The van der Waals surface area contributed by atoms with Gasteiger partial charge in [0.05, 0.1) is 27.4 Å². The van der Waals surface area contributed by atoms with Gasteiger partial charge in [-0.3, -0.25) is 4.68 Å². The molecule has 1 aromatic heterocycles. The molecule has 2 aromatic rings. The van der Waals surface area contributed by atoms with Gasteiger partial charge in [-0.15, -0.1) is 0 Å². The average molecular weight is 455 g/mol. The Morgan fingerprint density at radius 1 is 1.53 bits per heavy atom. The van der Waals surface area contributed by atoms with Crippen LogP contribution in [0.15, 0.2) is 28.9 Å². The molecule has 3 nitrogen and oxygen atoms in total. The molecule has 0 spiro atoms. The Bertz CT molecular complexity index is 585. The highest BCUT2D eigenvalue weighted by Crippen LogP contribution is 2.31. The number of aryl methyl sites for hydroxylation is 1. The summed E-state index contributed by atoms with van der Waals surface area (Å²) < 4.78 is 4.04. The summed E-state index contributed by atoms with van der Waals surface area (Å²) in [5, 5.41) is 8.47. The number of nitrogens with zero attached hydrogens (tertiary/aromatic N) is 2. The molecule has 1 aromatic carbocycles. The zero-order valence-electron chi connectivity index (χ0n) is 10.6. The monoisotopic (exact) mass is 453 g/mol. The SMILES string of the molecule is CCn1ncc(Br)c1C(NC)c1ccc(I)c(Cl)c1. The molecule has 102 valence electrons. The van der Waals surface area contributed by atoms with Gasteiger partial charge in [0.15, 0.2) is 0 Å². The molecular formula is C13H14BrClIN3. The van der Waals surface area contributed by atoms with Crippen molar-refractivity contribution in [1.82, 2.24) is 15.1 Å². The number of aromatic nitrogens is 2. The van der Waals surface area contributed by atoms with Gasteiger partial charge in [0.1, 0.15) is 0 Å². The van der Waals surface area contributed by atoms with Crippen molar-refractivity contribution in [2.45, 2.75) is 19.5 Å². The predicted octanol–water partition coefficient (Wildman–Crippen LogP) is 4.23. The van der Waals surface area contributed by atoms with Crippen LogP contribution in [-0.2, 0) is 6.54 Å². The molecule has 1 N–H and O–H groups in total. The molecule has 0 saturated carbocycles. The number of benzene rings is 1. The first-order valence-electron chi connectivity index (χ1n) is 5.91. The second-order valence-corrected chi connectivity index (χ2v) is 6.51. The van der Waals surface area contributed by atoms with Crippen LogP contribution in [0.5, 0.6) is 0 Å². The van der Waals surface area contributed by atoms with Gasteiger partial charge in [0.2, 0.25) is 0 Å². The van der Waals surface area contributed by atoms with E-state index in [1.807, 2.05) is 30.1 Å². The van der Waals surface area contributed by atoms with Gasteiger partial charge in [-0.05, 0) is 70.2 Å². The van der Waals surface area contributed by atoms with Crippen LogP contribution in [0.25, 0.3) is 0 Å². The van der Waals surface area contributed by atoms with Gasteiger partial charge >= 0.3 is 0 Å². The summed E-state index contributed by atoms with van der Waals surface area (Å²) in [6, 6.07) is 6.19. The van der Waals surface area contributed by atoms with Crippen molar-refractivity contribution in [3.63, 3.8) is 0 Å². The van der Waals surface area contributed by atoms with Crippen molar-refractivity contribution in [2.75, 3.05) is 7.05 Å². The lowest BCUT2D eigenvalue weighted by Crippen LogP contribution is -2.22. The van der Waals surface area contributed by atoms with Crippen LogP contribution >= 0.6 is 50.1 Å². The quantitative estimate of drug-likeness (QED) is 0.701. The normalized spacial score (nSPS) is 12.7. The lowest BCUT2D eigenvalue weighted by molar-refractivity contribution is 0.561. The minimum atomic E-state index is 0.0614. The maximum absolute atomic E-state index is 6.22. The van der Waals surface area contributed by atoms with Crippen LogP contribution < -0.4 is 5.32 Å². The summed E-state index contributed by atoms with van der Waals surface area (Å²) in [5.74, 6) is 0. The third kappa shape index (κ3) is 3.15. The number of halogens is 3. The fourth-order valence-electron chi connectivity index (χ4n) is 2.06. The Morgan fingerprint density at radius 2 is 2.26 bits per heavy atom. The van der Waals surface area contributed by atoms with E-state index in [0.717, 1.165) is 30.9 Å². The van der Waals surface area contributed by atoms with E-state index in [9.17, 15) is 0 Å². The first-order valence-corrected chi connectivity index (χ1v) is 8.16. The van der Waals surface area contributed by atoms with Crippen LogP contribution in [0.1, 0.15) is 24.2 Å². The molecule has 0 amide bonds. The molecule has 0 aliphatic rings. The van der Waals surface area contributed by atoms with Crippen LogP contribution in [0, 0.1) is 3.57 Å². The second kappa shape index (κ2) is 6.56. The van der Waals surface area contributed by atoms with E-state index in [4.69, 9.17) is 11.6 Å². The Morgan fingerprint density at radius 3 is 2.84 bits per heavy atom. The molecule has 0 fully saturated rings. The van der Waals surface area contributed by atoms with Crippen molar-refractivity contribution in [3.8, 4) is 0 Å². The molecule has 1 unspecified atom stereocenters. The van der Waals surface area contributed by atoms with E-state index in [1.165, 1.54) is 0 Å². The molecule has 0 radical (unpaired) electrons. The van der Waals surface area contributed by atoms with Crippen LogP contribution in [0.2, 0.25) is 5.02 Å². The van der Waals surface area contributed by atoms with Crippen molar-refractivity contribution < 1.29 is 0 Å². The zero-order chi connectivity index (χ0) is 14.0. The summed E-state index contributed by atoms with van der Waals surface area (Å²) in [4.78, 5) is 0. The van der Waals surface area contributed by atoms with Gasteiger partial charge in [-0.1, -0.05) is 17.7 Å². The maximum Gasteiger partial charge on any atom is 0.0757 e. The van der Waals surface area contributed by atoms with E-state index in [2.05, 4.69) is 61.9 Å². The average Bonchev–Trinajstić information content (AvgIpc) is 2.76. The molecule has 0 aliphatic heterocycles. The van der Waals surface area contributed by atoms with Gasteiger partial charge < -0.3 is 5.32 Å².